The zero-order valence-corrected chi connectivity index (χ0v) is 20.7. The van der Waals surface area contributed by atoms with Gasteiger partial charge in [-0.1, -0.05) is 6.92 Å². The Labute approximate surface area is 186 Å². The number of hydrogen-bond donors (Lipinski definition) is 1. The number of guanidine groups is 1. The number of hydrogen-bond acceptors (Lipinski definition) is 4. The highest BCUT2D eigenvalue weighted by molar-refractivity contribution is 14.0. The number of aliphatic imine (C=N–C) groups is 1. The van der Waals surface area contributed by atoms with Crippen molar-refractivity contribution in [3.8, 4) is 11.5 Å². The van der Waals surface area contributed by atoms with Crippen molar-refractivity contribution in [2.45, 2.75) is 39.8 Å². The van der Waals surface area contributed by atoms with Gasteiger partial charge in [0.25, 0.3) is 0 Å². The van der Waals surface area contributed by atoms with Gasteiger partial charge in [0.05, 0.1) is 14.2 Å². The first kappa shape index (κ1) is 26.3. The van der Waals surface area contributed by atoms with Gasteiger partial charge >= 0.3 is 0 Å². The highest BCUT2D eigenvalue weighted by Crippen LogP contribution is 2.30. The topological polar surface area (TPSA) is 66.4 Å². The van der Waals surface area contributed by atoms with Gasteiger partial charge in [-0.15, -0.1) is 24.0 Å². The molecule has 0 aromatic heterocycles. The van der Waals surface area contributed by atoms with Crippen LogP contribution in [0.3, 0.4) is 0 Å². The number of ether oxygens (including phenoxy) is 2. The maximum Gasteiger partial charge on any atom is 0.243 e. The minimum Gasteiger partial charge on any atom is -0.493 e. The summed E-state index contributed by atoms with van der Waals surface area (Å²) in [5.41, 5.74) is 2.21. The highest BCUT2D eigenvalue weighted by atomic mass is 127. The largest absolute Gasteiger partial charge is 0.493 e. The molecule has 0 aliphatic carbocycles. The van der Waals surface area contributed by atoms with Crippen molar-refractivity contribution in [3.05, 3.63) is 23.3 Å². The Balaban J connectivity index is 0.00000729. The van der Waals surface area contributed by atoms with Crippen LogP contribution in [0.2, 0.25) is 0 Å². The first-order chi connectivity index (χ1) is 12.7. The van der Waals surface area contributed by atoms with Crippen molar-refractivity contribution in [2.75, 3.05) is 41.9 Å². The number of benzene rings is 1. The van der Waals surface area contributed by atoms with E-state index in [9.17, 15) is 4.79 Å². The van der Waals surface area contributed by atoms with Gasteiger partial charge < -0.3 is 24.6 Å². The van der Waals surface area contributed by atoms with E-state index in [-0.39, 0.29) is 42.5 Å². The molecule has 8 heteroatoms. The predicted molar refractivity (Wildman–Crippen MR) is 125 cm³/mol. The van der Waals surface area contributed by atoms with Crippen LogP contribution in [0.5, 0.6) is 11.5 Å². The molecule has 7 nitrogen and oxygen atoms in total. The molecule has 0 heterocycles. The van der Waals surface area contributed by atoms with Crippen molar-refractivity contribution in [1.82, 2.24) is 15.1 Å². The fourth-order valence-corrected chi connectivity index (χ4v) is 2.41. The van der Waals surface area contributed by atoms with Gasteiger partial charge in [0.1, 0.15) is 6.54 Å². The Morgan fingerprint density at radius 1 is 1.18 bits per heavy atom. The third-order valence-electron chi connectivity index (χ3n) is 4.46. The van der Waals surface area contributed by atoms with Gasteiger partial charge in [-0.3, -0.25) is 4.79 Å². The predicted octanol–water partition coefficient (Wildman–Crippen LogP) is 2.89. The Morgan fingerprint density at radius 3 is 2.25 bits per heavy atom. The van der Waals surface area contributed by atoms with Crippen molar-refractivity contribution in [3.63, 3.8) is 0 Å². The van der Waals surface area contributed by atoms with Crippen molar-refractivity contribution >= 4 is 35.8 Å². The second-order valence-electron chi connectivity index (χ2n) is 6.87. The monoisotopic (exact) mass is 506 g/mol. The molecule has 0 bridgehead atoms. The molecule has 1 unspecified atom stereocenters. The van der Waals surface area contributed by atoms with E-state index < -0.39 is 0 Å². The molecule has 160 valence electrons. The van der Waals surface area contributed by atoms with Crippen LogP contribution in [0.1, 0.15) is 31.4 Å². The molecular formula is C20H35IN4O3. The molecule has 0 aliphatic heterocycles. The molecule has 1 rings (SSSR count). The third kappa shape index (κ3) is 7.73. The first-order valence-electron chi connectivity index (χ1n) is 9.17. The summed E-state index contributed by atoms with van der Waals surface area (Å²) >= 11 is 0. The van der Waals surface area contributed by atoms with Crippen LogP contribution < -0.4 is 14.8 Å². The van der Waals surface area contributed by atoms with Crippen molar-refractivity contribution in [2.24, 2.45) is 4.99 Å². The maximum atomic E-state index is 11.9. The molecule has 0 aliphatic rings. The Morgan fingerprint density at radius 2 is 1.75 bits per heavy atom. The van der Waals surface area contributed by atoms with Gasteiger partial charge in [-0.05, 0) is 43.5 Å². The number of carbonyl (C=O) groups excluding carboxylic acids is 1. The SMILES string of the molecule is CCC(C)NC(=NCC(=O)N(C)C)N(C)Cc1cc(OC)c(OC)cc1C.I. The summed E-state index contributed by atoms with van der Waals surface area (Å²) in [6.07, 6.45) is 0.962. The van der Waals surface area contributed by atoms with Crippen LogP contribution in [-0.2, 0) is 11.3 Å². The molecule has 1 amide bonds. The quantitative estimate of drug-likeness (QED) is 0.334. The maximum absolute atomic E-state index is 11.9. The molecule has 0 spiro atoms. The van der Waals surface area contributed by atoms with Crippen LogP contribution in [0.15, 0.2) is 17.1 Å². The number of likely N-dealkylation sites (N-methyl/N-ethyl adjacent to an activating group) is 1. The molecule has 0 fully saturated rings. The molecule has 0 saturated heterocycles. The van der Waals surface area contributed by atoms with Gasteiger partial charge in [0.15, 0.2) is 17.5 Å². The van der Waals surface area contributed by atoms with Crippen LogP contribution in [0, 0.1) is 6.92 Å². The summed E-state index contributed by atoms with van der Waals surface area (Å²) in [7, 11) is 8.69. The minimum atomic E-state index is -0.0332. The summed E-state index contributed by atoms with van der Waals surface area (Å²) in [5, 5.41) is 3.40. The van der Waals surface area contributed by atoms with Crippen LogP contribution >= 0.6 is 24.0 Å². The van der Waals surface area contributed by atoms with E-state index in [1.54, 1.807) is 33.2 Å². The molecular weight excluding hydrogens is 471 g/mol. The van der Waals surface area contributed by atoms with E-state index in [2.05, 4.69) is 24.2 Å². The second kappa shape index (κ2) is 12.7. The van der Waals surface area contributed by atoms with Crippen LogP contribution in [0.4, 0.5) is 0 Å². The lowest BCUT2D eigenvalue weighted by atomic mass is 10.1. The minimum absolute atomic E-state index is 0. The fraction of sp³-hybridized carbons (Fsp3) is 0.600. The number of nitrogens with zero attached hydrogens (tertiary/aromatic N) is 3. The molecule has 1 aromatic rings. The number of methoxy groups -OCH3 is 2. The molecule has 1 aromatic carbocycles. The molecule has 28 heavy (non-hydrogen) atoms. The fourth-order valence-electron chi connectivity index (χ4n) is 2.41. The molecule has 1 N–H and O–H groups in total. The second-order valence-corrected chi connectivity index (χ2v) is 6.87. The summed E-state index contributed by atoms with van der Waals surface area (Å²) in [6, 6.07) is 4.21. The summed E-state index contributed by atoms with van der Waals surface area (Å²) in [6.45, 7) is 6.99. The number of aryl methyl sites for hydroxylation is 1. The Kier molecular flexibility index (Phi) is 11.9. The third-order valence-corrected chi connectivity index (χ3v) is 4.46. The normalized spacial score (nSPS) is 11.9. The lowest BCUT2D eigenvalue weighted by Crippen LogP contribution is -2.43. The number of amides is 1. The van der Waals surface area contributed by atoms with Gasteiger partial charge in [-0.2, -0.15) is 0 Å². The lowest BCUT2D eigenvalue weighted by Gasteiger charge is -2.26. The number of carbonyl (C=O) groups is 1. The average molecular weight is 506 g/mol. The summed E-state index contributed by atoms with van der Waals surface area (Å²) in [4.78, 5) is 20.0. The van der Waals surface area contributed by atoms with Crippen LogP contribution in [0.25, 0.3) is 0 Å². The molecule has 0 saturated carbocycles. The van der Waals surface area contributed by atoms with Gasteiger partial charge in [0.2, 0.25) is 5.91 Å². The number of halogens is 1. The van der Waals surface area contributed by atoms with Crippen LogP contribution in [-0.4, -0.2) is 69.6 Å². The number of nitrogens with one attached hydrogen (secondary N) is 1. The van der Waals surface area contributed by atoms with E-state index in [1.165, 1.54) is 0 Å². The van der Waals surface area contributed by atoms with E-state index in [0.717, 1.165) is 17.5 Å². The molecule has 1 atom stereocenters. The summed E-state index contributed by atoms with van der Waals surface area (Å²) in [5.74, 6) is 2.08. The van der Waals surface area contributed by atoms with Gasteiger partial charge in [-0.25, -0.2) is 4.99 Å². The Bertz CT molecular complexity index is 665. The van der Waals surface area contributed by atoms with Gasteiger partial charge in [0, 0.05) is 33.7 Å². The molecule has 0 radical (unpaired) electrons. The summed E-state index contributed by atoms with van der Waals surface area (Å²) < 4.78 is 10.8. The van der Waals surface area contributed by atoms with Crippen molar-refractivity contribution in [1.29, 1.82) is 0 Å². The zero-order valence-electron chi connectivity index (χ0n) is 18.3. The van der Waals surface area contributed by atoms with E-state index in [1.807, 2.05) is 31.0 Å². The highest BCUT2D eigenvalue weighted by Gasteiger charge is 2.15. The Hall–Kier alpha value is -1.71. The average Bonchev–Trinajstić information content (AvgIpc) is 2.65. The van der Waals surface area contributed by atoms with Crippen molar-refractivity contribution < 1.29 is 14.3 Å². The van der Waals surface area contributed by atoms with E-state index in [0.29, 0.717) is 24.0 Å². The smallest absolute Gasteiger partial charge is 0.243 e. The standard InChI is InChI=1S/C20H34N4O3.HI/c1-9-15(3)22-20(21-12-19(25)23(4)5)24(6)13-16-11-18(27-8)17(26-7)10-14(16)2;/h10-11,15H,9,12-13H2,1-8H3,(H,21,22);1H. The number of rotatable bonds is 8. The van der Waals surface area contributed by atoms with E-state index in [4.69, 9.17) is 9.47 Å². The lowest BCUT2D eigenvalue weighted by molar-refractivity contribution is -0.127. The first-order valence-corrected chi connectivity index (χ1v) is 9.17. The zero-order chi connectivity index (χ0) is 20.6. The van der Waals surface area contributed by atoms with E-state index >= 15 is 0 Å².